The molecule has 5 heteroatoms. The summed E-state index contributed by atoms with van der Waals surface area (Å²) in [5, 5.41) is 6.46. The third-order valence-corrected chi connectivity index (χ3v) is 4.55. The van der Waals surface area contributed by atoms with E-state index in [4.69, 9.17) is 0 Å². The molecule has 4 nitrogen and oxygen atoms in total. The van der Waals surface area contributed by atoms with E-state index in [-0.39, 0.29) is 11.3 Å². The highest BCUT2D eigenvalue weighted by molar-refractivity contribution is 7.11. The predicted octanol–water partition coefficient (Wildman–Crippen LogP) is 2.56. The molecule has 1 aliphatic heterocycles. The van der Waals surface area contributed by atoms with Gasteiger partial charge in [0.15, 0.2) is 0 Å². The van der Waals surface area contributed by atoms with E-state index in [2.05, 4.69) is 36.4 Å². The number of aromatic nitrogens is 1. The fourth-order valence-corrected chi connectivity index (χ4v) is 3.50. The van der Waals surface area contributed by atoms with Crippen LogP contribution >= 0.6 is 11.3 Å². The summed E-state index contributed by atoms with van der Waals surface area (Å²) in [6, 6.07) is 0. The molecule has 2 N–H and O–H groups in total. The van der Waals surface area contributed by atoms with Crippen molar-refractivity contribution in [3.63, 3.8) is 0 Å². The summed E-state index contributed by atoms with van der Waals surface area (Å²) in [6.45, 7) is 9.25. The van der Waals surface area contributed by atoms with Gasteiger partial charge in [-0.2, -0.15) is 0 Å². The molecule has 0 bridgehead atoms. The first-order valence-electron chi connectivity index (χ1n) is 7.41. The normalized spacial score (nSPS) is 19.9. The Morgan fingerprint density at radius 2 is 2.35 bits per heavy atom. The van der Waals surface area contributed by atoms with Gasteiger partial charge in [-0.15, -0.1) is 11.3 Å². The van der Waals surface area contributed by atoms with Crippen molar-refractivity contribution in [3.05, 3.63) is 16.1 Å². The first-order chi connectivity index (χ1) is 9.48. The topological polar surface area (TPSA) is 54.0 Å². The van der Waals surface area contributed by atoms with Crippen LogP contribution in [0.4, 0.5) is 0 Å². The zero-order chi connectivity index (χ0) is 14.6. The number of rotatable bonds is 4. The van der Waals surface area contributed by atoms with Crippen molar-refractivity contribution >= 4 is 17.2 Å². The van der Waals surface area contributed by atoms with Crippen molar-refractivity contribution < 1.29 is 4.79 Å². The van der Waals surface area contributed by atoms with Gasteiger partial charge in [-0.1, -0.05) is 20.8 Å². The summed E-state index contributed by atoms with van der Waals surface area (Å²) in [4.78, 5) is 17.4. The molecule has 0 aromatic carbocycles. The summed E-state index contributed by atoms with van der Waals surface area (Å²) in [5.74, 6) is 0.730. The molecule has 1 fully saturated rings. The molecule has 20 heavy (non-hydrogen) atoms. The van der Waals surface area contributed by atoms with Crippen molar-refractivity contribution in [3.8, 4) is 0 Å². The summed E-state index contributed by atoms with van der Waals surface area (Å²) < 4.78 is 0. The molecule has 1 saturated heterocycles. The van der Waals surface area contributed by atoms with Gasteiger partial charge in [0.25, 0.3) is 5.91 Å². The van der Waals surface area contributed by atoms with Crippen molar-refractivity contribution in [1.82, 2.24) is 15.6 Å². The van der Waals surface area contributed by atoms with Crippen molar-refractivity contribution in [2.24, 2.45) is 5.92 Å². The van der Waals surface area contributed by atoms with Crippen LogP contribution in [0.25, 0.3) is 0 Å². The van der Waals surface area contributed by atoms with Gasteiger partial charge >= 0.3 is 0 Å². The molecule has 2 heterocycles. The molecule has 1 unspecified atom stereocenters. The second-order valence-corrected chi connectivity index (χ2v) is 7.39. The lowest BCUT2D eigenvalue weighted by Crippen LogP contribution is -2.33. The molecular formula is C15H25N3OS. The van der Waals surface area contributed by atoms with Crippen LogP contribution in [-0.4, -0.2) is 30.5 Å². The van der Waals surface area contributed by atoms with Gasteiger partial charge in [-0.25, -0.2) is 4.98 Å². The highest BCUT2D eigenvalue weighted by atomic mass is 32.1. The molecular weight excluding hydrogens is 270 g/mol. The Morgan fingerprint density at radius 3 is 3.00 bits per heavy atom. The fourth-order valence-electron chi connectivity index (χ4n) is 2.58. The Hall–Kier alpha value is -0.940. The van der Waals surface area contributed by atoms with E-state index < -0.39 is 0 Å². The van der Waals surface area contributed by atoms with Gasteiger partial charge in [0, 0.05) is 12.0 Å². The molecule has 1 aromatic heterocycles. The highest BCUT2D eigenvalue weighted by Gasteiger charge is 2.24. The first-order valence-corrected chi connectivity index (χ1v) is 8.29. The molecule has 0 spiro atoms. The molecule has 1 atom stereocenters. The largest absolute Gasteiger partial charge is 0.351 e. The lowest BCUT2D eigenvalue weighted by atomic mass is 9.91. The molecule has 0 radical (unpaired) electrons. The summed E-state index contributed by atoms with van der Waals surface area (Å²) in [5.41, 5.74) is 2.58. The van der Waals surface area contributed by atoms with Gasteiger partial charge in [-0.05, 0) is 38.3 Å². The van der Waals surface area contributed by atoms with Gasteiger partial charge in [0.1, 0.15) is 4.88 Å². The number of hydrogen-bond acceptors (Lipinski definition) is 4. The third-order valence-electron chi connectivity index (χ3n) is 3.72. The van der Waals surface area contributed by atoms with Crippen molar-refractivity contribution in [2.75, 3.05) is 19.6 Å². The van der Waals surface area contributed by atoms with E-state index in [0.29, 0.717) is 5.92 Å². The summed E-state index contributed by atoms with van der Waals surface area (Å²) in [6.07, 6.45) is 3.58. The average molecular weight is 295 g/mol. The van der Waals surface area contributed by atoms with Gasteiger partial charge in [0.05, 0.1) is 11.2 Å². The molecule has 2 rings (SSSR count). The fraction of sp³-hybridized carbons (Fsp3) is 0.733. The van der Waals surface area contributed by atoms with E-state index in [1.807, 2.05) is 0 Å². The third kappa shape index (κ3) is 4.03. The quantitative estimate of drug-likeness (QED) is 0.897. The Bertz CT molecular complexity index is 444. The number of hydrogen-bond donors (Lipinski definition) is 2. The lowest BCUT2D eigenvalue weighted by Gasteiger charge is -2.22. The Morgan fingerprint density at radius 1 is 1.55 bits per heavy atom. The van der Waals surface area contributed by atoms with Crippen LogP contribution in [0.5, 0.6) is 0 Å². The second kappa shape index (κ2) is 6.68. The van der Waals surface area contributed by atoms with Gasteiger partial charge in [-0.3, -0.25) is 4.79 Å². The minimum Gasteiger partial charge on any atom is -0.351 e. The summed E-state index contributed by atoms with van der Waals surface area (Å²) in [7, 11) is 0. The Labute approximate surface area is 125 Å². The van der Waals surface area contributed by atoms with Crippen molar-refractivity contribution in [2.45, 2.75) is 45.4 Å². The van der Waals surface area contributed by atoms with Crippen LogP contribution in [-0.2, 0) is 5.41 Å². The SMILES string of the molecule is CC(C)(C)c1ncsc1C(=O)NCCC1CCCNC1. The minimum atomic E-state index is -0.0834. The molecule has 112 valence electrons. The zero-order valence-electron chi connectivity index (χ0n) is 12.7. The van der Waals surface area contributed by atoms with Crippen molar-refractivity contribution in [1.29, 1.82) is 0 Å². The number of carbonyl (C=O) groups is 1. The summed E-state index contributed by atoms with van der Waals surface area (Å²) >= 11 is 1.44. The highest BCUT2D eigenvalue weighted by Crippen LogP contribution is 2.27. The maximum atomic E-state index is 12.3. The van der Waals surface area contributed by atoms with Crippen LogP contribution in [0.1, 0.15) is 55.4 Å². The number of piperidine rings is 1. The molecule has 1 aliphatic rings. The minimum absolute atomic E-state index is 0.0289. The Balaban J connectivity index is 1.84. The van der Waals surface area contributed by atoms with E-state index in [0.717, 1.165) is 36.6 Å². The van der Waals surface area contributed by atoms with Gasteiger partial charge < -0.3 is 10.6 Å². The van der Waals surface area contributed by atoms with E-state index in [9.17, 15) is 4.79 Å². The molecule has 0 aliphatic carbocycles. The molecule has 0 saturated carbocycles. The van der Waals surface area contributed by atoms with Crippen LogP contribution in [0.3, 0.4) is 0 Å². The van der Waals surface area contributed by atoms with Crippen LogP contribution in [0.2, 0.25) is 0 Å². The maximum absolute atomic E-state index is 12.3. The smallest absolute Gasteiger partial charge is 0.263 e. The number of carbonyl (C=O) groups excluding carboxylic acids is 1. The zero-order valence-corrected chi connectivity index (χ0v) is 13.5. The van der Waals surface area contributed by atoms with E-state index in [1.165, 1.54) is 24.2 Å². The predicted molar refractivity (Wildman–Crippen MR) is 83.4 cm³/mol. The number of amides is 1. The van der Waals surface area contributed by atoms with E-state index in [1.54, 1.807) is 5.51 Å². The first kappa shape index (κ1) is 15.4. The average Bonchev–Trinajstić information content (AvgIpc) is 2.89. The standard InChI is InChI=1S/C15H25N3OS/c1-15(2,3)13-12(20-10-18-13)14(19)17-8-6-11-5-4-7-16-9-11/h10-11,16H,4-9H2,1-3H3,(H,17,19). The van der Waals surface area contributed by atoms with Crippen LogP contribution < -0.4 is 10.6 Å². The Kier molecular flexibility index (Phi) is 5.16. The monoisotopic (exact) mass is 295 g/mol. The number of nitrogens with one attached hydrogen (secondary N) is 2. The maximum Gasteiger partial charge on any atom is 0.263 e. The van der Waals surface area contributed by atoms with E-state index >= 15 is 0 Å². The number of nitrogens with zero attached hydrogens (tertiary/aromatic N) is 1. The van der Waals surface area contributed by atoms with Crippen LogP contribution in [0, 0.1) is 5.92 Å². The molecule has 1 amide bonds. The van der Waals surface area contributed by atoms with Crippen LogP contribution in [0.15, 0.2) is 5.51 Å². The lowest BCUT2D eigenvalue weighted by molar-refractivity contribution is 0.0952. The van der Waals surface area contributed by atoms with Gasteiger partial charge in [0.2, 0.25) is 0 Å². The molecule has 1 aromatic rings. The number of thiazole rings is 1. The second-order valence-electron chi connectivity index (χ2n) is 6.54.